The number of fused-ring (bicyclic) bond motifs is 1. The van der Waals surface area contributed by atoms with E-state index in [1.54, 1.807) is 13.2 Å². The first kappa shape index (κ1) is 20.3. The molecule has 3 rings (SSSR count). The first-order valence-corrected chi connectivity index (χ1v) is 9.88. The monoisotopic (exact) mass is 380 g/mol. The highest BCUT2D eigenvalue weighted by Crippen LogP contribution is 2.46. The first-order chi connectivity index (χ1) is 13.1. The van der Waals surface area contributed by atoms with Gasteiger partial charge in [0.25, 0.3) is 0 Å². The second-order valence-electron chi connectivity index (χ2n) is 9.13. The van der Waals surface area contributed by atoms with Crippen LogP contribution in [0.15, 0.2) is 30.3 Å². The Balaban J connectivity index is 2.04. The average Bonchev–Trinajstić information content (AvgIpc) is 2.64. The topological polar surface area (TPSA) is 38.7 Å². The molecule has 0 saturated heterocycles. The van der Waals surface area contributed by atoms with E-state index in [9.17, 15) is 5.11 Å². The van der Waals surface area contributed by atoms with Gasteiger partial charge in [-0.3, -0.25) is 0 Å². The highest BCUT2D eigenvalue weighted by atomic mass is 16.5. The van der Waals surface area contributed by atoms with Crippen LogP contribution < -0.4 is 9.47 Å². The zero-order chi connectivity index (χ0) is 20.7. The number of hydrogen-bond donors (Lipinski definition) is 1. The van der Waals surface area contributed by atoms with Gasteiger partial charge in [0, 0.05) is 0 Å². The minimum Gasteiger partial charge on any atom is -0.504 e. The van der Waals surface area contributed by atoms with Gasteiger partial charge in [0.1, 0.15) is 0 Å². The maximum absolute atomic E-state index is 10.2. The number of phenols is 1. The fraction of sp³-hybridized carbons (Fsp3) is 0.440. The van der Waals surface area contributed by atoms with Crippen molar-refractivity contribution in [1.82, 2.24) is 0 Å². The molecule has 3 heteroatoms. The van der Waals surface area contributed by atoms with Gasteiger partial charge in [0.2, 0.25) is 5.75 Å². The molecule has 0 amide bonds. The third-order valence-corrected chi connectivity index (χ3v) is 6.17. The van der Waals surface area contributed by atoms with Crippen LogP contribution in [0.5, 0.6) is 17.2 Å². The predicted molar refractivity (Wildman–Crippen MR) is 116 cm³/mol. The lowest BCUT2D eigenvalue weighted by Gasteiger charge is -2.42. The Morgan fingerprint density at radius 2 is 1.57 bits per heavy atom. The van der Waals surface area contributed by atoms with Gasteiger partial charge in [-0.25, -0.2) is 0 Å². The van der Waals surface area contributed by atoms with E-state index in [4.69, 9.17) is 9.47 Å². The molecule has 150 valence electrons. The van der Waals surface area contributed by atoms with Crippen LogP contribution in [0.3, 0.4) is 0 Å². The molecule has 1 aliphatic rings. The molecule has 28 heavy (non-hydrogen) atoms. The van der Waals surface area contributed by atoms with E-state index in [1.807, 2.05) is 6.07 Å². The number of phenolic OH excluding ortho intramolecular Hbond substituents is 1. The predicted octanol–water partition coefficient (Wildman–Crippen LogP) is 6.32. The van der Waals surface area contributed by atoms with Crippen LogP contribution >= 0.6 is 0 Å². The van der Waals surface area contributed by atoms with Crippen molar-refractivity contribution >= 4 is 11.6 Å². The van der Waals surface area contributed by atoms with Crippen molar-refractivity contribution in [3.63, 3.8) is 0 Å². The van der Waals surface area contributed by atoms with Crippen molar-refractivity contribution in [1.29, 1.82) is 0 Å². The third-order valence-electron chi connectivity index (χ3n) is 6.17. The zero-order valence-electron chi connectivity index (χ0n) is 18.1. The molecule has 0 fully saturated rings. The van der Waals surface area contributed by atoms with E-state index >= 15 is 0 Å². The molecule has 0 spiro atoms. The van der Waals surface area contributed by atoms with Gasteiger partial charge in [-0.1, -0.05) is 52.0 Å². The minimum absolute atomic E-state index is 0.0780. The Hall–Kier alpha value is -2.42. The Kier molecular flexibility index (Phi) is 5.22. The molecule has 0 unspecified atom stereocenters. The largest absolute Gasteiger partial charge is 0.504 e. The molecular formula is C25H32O3. The van der Waals surface area contributed by atoms with Gasteiger partial charge in [-0.15, -0.1) is 0 Å². The second kappa shape index (κ2) is 7.20. The Labute approximate surface area is 169 Å². The van der Waals surface area contributed by atoms with Gasteiger partial charge in [-0.05, 0) is 70.6 Å². The Bertz CT molecular complexity index is 920. The molecule has 2 aromatic rings. The molecule has 0 atom stereocenters. The maximum Gasteiger partial charge on any atom is 0.203 e. The van der Waals surface area contributed by atoms with Gasteiger partial charge in [0.15, 0.2) is 11.5 Å². The molecular weight excluding hydrogens is 348 g/mol. The van der Waals surface area contributed by atoms with E-state index in [0.717, 1.165) is 11.1 Å². The highest BCUT2D eigenvalue weighted by molar-refractivity contribution is 5.82. The summed E-state index contributed by atoms with van der Waals surface area (Å²) in [4.78, 5) is 0. The molecule has 2 aromatic carbocycles. The normalized spacial score (nSPS) is 17.8. The van der Waals surface area contributed by atoms with E-state index in [2.05, 4.69) is 58.9 Å². The lowest BCUT2D eigenvalue weighted by molar-refractivity contribution is 0.332. The summed E-state index contributed by atoms with van der Waals surface area (Å²) in [7, 11) is 3.10. The minimum atomic E-state index is 0.0780. The average molecular weight is 381 g/mol. The molecule has 1 N–H and O–H groups in total. The molecule has 0 saturated carbocycles. The second-order valence-corrected chi connectivity index (χ2v) is 9.13. The Morgan fingerprint density at radius 1 is 0.929 bits per heavy atom. The van der Waals surface area contributed by atoms with Crippen LogP contribution in [-0.2, 0) is 10.8 Å². The van der Waals surface area contributed by atoms with Gasteiger partial charge in [0.05, 0.1) is 14.2 Å². The van der Waals surface area contributed by atoms with Crippen LogP contribution in [0.25, 0.3) is 11.6 Å². The molecule has 0 aromatic heterocycles. The quantitative estimate of drug-likeness (QED) is 0.631. The fourth-order valence-electron chi connectivity index (χ4n) is 4.22. The highest BCUT2D eigenvalue weighted by Gasteiger charge is 2.36. The Morgan fingerprint density at radius 3 is 2.18 bits per heavy atom. The smallest absolute Gasteiger partial charge is 0.203 e. The summed E-state index contributed by atoms with van der Waals surface area (Å²) in [6.07, 6.45) is 4.49. The maximum atomic E-state index is 10.2. The van der Waals surface area contributed by atoms with Crippen molar-refractivity contribution in [2.75, 3.05) is 14.2 Å². The molecule has 3 nitrogen and oxygen atoms in total. The van der Waals surface area contributed by atoms with Crippen LogP contribution in [0.4, 0.5) is 0 Å². The summed E-state index contributed by atoms with van der Waals surface area (Å²) in [5, 5.41) is 10.2. The first-order valence-electron chi connectivity index (χ1n) is 9.88. The number of benzene rings is 2. The van der Waals surface area contributed by atoms with E-state index in [0.29, 0.717) is 11.5 Å². The standard InChI is InChI=1S/C25H32O3/c1-16(12-17-13-21(26)23(28-7)22(14-17)27-6)18-8-9-19-20(15-18)25(4,5)11-10-24(19,2)3/h8-9,12-15,26H,10-11H2,1-7H3. The molecule has 0 radical (unpaired) electrons. The van der Waals surface area contributed by atoms with Crippen molar-refractivity contribution in [2.24, 2.45) is 0 Å². The lowest BCUT2D eigenvalue weighted by Crippen LogP contribution is -2.33. The molecule has 0 aliphatic heterocycles. The van der Waals surface area contributed by atoms with E-state index in [-0.39, 0.29) is 16.6 Å². The van der Waals surface area contributed by atoms with Crippen LogP contribution in [-0.4, -0.2) is 19.3 Å². The summed E-state index contributed by atoms with van der Waals surface area (Å²) in [5.74, 6) is 0.958. The molecule has 0 heterocycles. The molecule has 0 bridgehead atoms. The lowest BCUT2D eigenvalue weighted by atomic mass is 9.63. The van der Waals surface area contributed by atoms with Crippen LogP contribution in [0.1, 0.15) is 69.7 Å². The van der Waals surface area contributed by atoms with E-state index < -0.39 is 0 Å². The summed E-state index contributed by atoms with van der Waals surface area (Å²) in [6.45, 7) is 11.5. The van der Waals surface area contributed by atoms with Crippen molar-refractivity contribution in [3.8, 4) is 17.2 Å². The van der Waals surface area contributed by atoms with Crippen molar-refractivity contribution in [2.45, 2.75) is 58.3 Å². The van der Waals surface area contributed by atoms with Crippen LogP contribution in [0, 0.1) is 0 Å². The SMILES string of the molecule is COc1cc(C=C(C)c2ccc3c(c2)C(C)(C)CCC3(C)C)cc(O)c1OC. The summed E-state index contributed by atoms with van der Waals surface area (Å²) in [5.41, 5.74) is 6.55. The summed E-state index contributed by atoms with van der Waals surface area (Å²) >= 11 is 0. The van der Waals surface area contributed by atoms with Gasteiger partial charge >= 0.3 is 0 Å². The fourth-order valence-corrected chi connectivity index (χ4v) is 4.22. The van der Waals surface area contributed by atoms with Gasteiger partial charge < -0.3 is 14.6 Å². The zero-order valence-corrected chi connectivity index (χ0v) is 18.1. The third kappa shape index (κ3) is 3.63. The number of ether oxygens (including phenoxy) is 2. The number of allylic oxidation sites excluding steroid dienone is 1. The molecule has 1 aliphatic carbocycles. The number of rotatable bonds is 4. The summed E-state index contributed by atoms with van der Waals surface area (Å²) in [6, 6.07) is 10.5. The van der Waals surface area contributed by atoms with Crippen molar-refractivity contribution < 1.29 is 14.6 Å². The van der Waals surface area contributed by atoms with Crippen LogP contribution in [0.2, 0.25) is 0 Å². The van der Waals surface area contributed by atoms with Gasteiger partial charge in [-0.2, -0.15) is 0 Å². The number of methoxy groups -OCH3 is 2. The van der Waals surface area contributed by atoms with Crippen molar-refractivity contribution in [3.05, 3.63) is 52.6 Å². The summed E-state index contributed by atoms with van der Waals surface area (Å²) < 4.78 is 10.6. The number of aromatic hydroxyl groups is 1. The number of hydrogen-bond acceptors (Lipinski definition) is 3. The van der Waals surface area contributed by atoms with E-state index in [1.165, 1.54) is 36.6 Å².